The van der Waals surface area contributed by atoms with E-state index in [4.69, 9.17) is 0 Å². The smallest absolute Gasteiger partial charge is 0.243 e. The zero-order chi connectivity index (χ0) is 20.5. The average Bonchev–Trinajstić information content (AvgIpc) is 3.34. The van der Waals surface area contributed by atoms with Gasteiger partial charge in [-0.15, -0.1) is 0 Å². The van der Waals surface area contributed by atoms with Crippen LogP contribution in [0.2, 0.25) is 0 Å². The normalized spacial score (nSPS) is 26.8. The number of fused-ring (bicyclic) bond motifs is 1. The number of carbonyl (C=O) groups excluding carboxylic acids is 1. The minimum atomic E-state index is -2.68. The second kappa shape index (κ2) is 7.87. The van der Waals surface area contributed by atoms with Crippen molar-refractivity contribution in [1.29, 1.82) is 5.26 Å². The number of halogens is 3. The third-order valence-corrected chi connectivity index (χ3v) is 5.70. The van der Waals surface area contributed by atoms with Crippen LogP contribution in [0.15, 0.2) is 30.5 Å². The number of nitrogens with one attached hydrogen (secondary N) is 2. The molecule has 0 spiro atoms. The Bertz CT molecular complexity index is 963. The Morgan fingerprint density at radius 2 is 2.14 bits per heavy atom. The van der Waals surface area contributed by atoms with Gasteiger partial charge < -0.3 is 15.5 Å². The molecule has 2 aromatic rings. The first-order valence-corrected chi connectivity index (χ1v) is 9.45. The third-order valence-electron chi connectivity index (χ3n) is 5.70. The van der Waals surface area contributed by atoms with Gasteiger partial charge in [-0.05, 0) is 24.3 Å². The van der Waals surface area contributed by atoms with E-state index < -0.39 is 36.4 Å². The highest BCUT2D eigenvalue weighted by Gasteiger charge is 2.44. The highest BCUT2D eigenvalue weighted by atomic mass is 19.3. The molecule has 152 valence electrons. The van der Waals surface area contributed by atoms with E-state index in [1.54, 1.807) is 35.4 Å². The maximum atomic E-state index is 13.8. The van der Waals surface area contributed by atoms with Crippen LogP contribution >= 0.6 is 0 Å². The van der Waals surface area contributed by atoms with Crippen molar-refractivity contribution >= 4 is 22.5 Å². The van der Waals surface area contributed by atoms with Gasteiger partial charge in [0.25, 0.3) is 0 Å². The number of rotatable bonds is 4. The predicted octanol–water partition coefficient (Wildman–Crippen LogP) is 1.85. The van der Waals surface area contributed by atoms with Crippen molar-refractivity contribution < 1.29 is 18.0 Å². The summed E-state index contributed by atoms with van der Waals surface area (Å²) in [5.74, 6) is -2.67. The Morgan fingerprint density at radius 3 is 2.83 bits per heavy atom. The van der Waals surface area contributed by atoms with Gasteiger partial charge in [-0.2, -0.15) is 5.26 Å². The van der Waals surface area contributed by atoms with Gasteiger partial charge >= 0.3 is 0 Å². The number of aromatic nitrogens is 1. The minimum Gasteiger partial charge on any atom is -0.370 e. The summed E-state index contributed by atoms with van der Waals surface area (Å²) >= 11 is 0. The van der Waals surface area contributed by atoms with Crippen LogP contribution in [0.1, 0.15) is 5.56 Å². The van der Waals surface area contributed by atoms with Crippen LogP contribution in [0.3, 0.4) is 0 Å². The zero-order valence-corrected chi connectivity index (χ0v) is 15.5. The fourth-order valence-corrected chi connectivity index (χ4v) is 4.16. The van der Waals surface area contributed by atoms with E-state index in [0.29, 0.717) is 22.2 Å². The number of hydrogen-bond donors (Lipinski definition) is 2. The summed E-state index contributed by atoms with van der Waals surface area (Å²) < 4.78 is 41.2. The molecule has 2 saturated heterocycles. The molecule has 0 saturated carbocycles. The summed E-state index contributed by atoms with van der Waals surface area (Å²) in [6, 6.07) is 8.18. The van der Waals surface area contributed by atoms with Gasteiger partial charge in [-0.3, -0.25) is 9.78 Å². The van der Waals surface area contributed by atoms with E-state index in [1.165, 1.54) is 0 Å². The molecular formula is C20H20F3N5O. The van der Waals surface area contributed by atoms with Gasteiger partial charge in [0.15, 0.2) is 0 Å². The largest absolute Gasteiger partial charge is 0.370 e. The maximum Gasteiger partial charge on any atom is 0.243 e. The minimum absolute atomic E-state index is 0.00633. The van der Waals surface area contributed by atoms with Gasteiger partial charge in [0.2, 0.25) is 12.3 Å². The van der Waals surface area contributed by atoms with Crippen molar-refractivity contribution in [2.45, 2.75) is 18.6 Å². The van der Waals surface area contributed by atoms with E-state index in [2.05, 4.69) is 21.7 Å². The highest BCUT2D eigenvalue weighted by molar-refractivity contribution is 5.95. The molecule has 1 aromatic heterocycles. The van der Waals surface area contributed by atoms with Crippen LogP contribution in [0, 0.1) is 23.2 Å². The number of pyridine rings is 1. The summed E-state index contributed by atoms with van der Waals surface area (Å²) in [5.41, 5.74) is 1.54. The van der Waals surface area contributed by atoms with Crippen molar-refractivity contribution in [3.05, 3.63) is 36.0 Å². The third kappa shape index (κ3) is 3.60. The van der Waals surface area contributed by atoms with Crippen LogP contribution in [0.25, 0.3) is 10.9 Å². The lowest BCUT2D eigenvalue weighted by Crippen LogP contribution is -2.46. The van der Waals surface area contributed by atoms with Gasteiger partial charge in [-0.1, -0.05) is 0 Å². The first kappa shape index (κ1) is 19.5. The highest BCUT2D eigenvalue weighted by Crippen LogP contribution is 2.36. The van der Waals surface area contributed by atoms with Gasteiger partial charge in [0.05, 0.1) is 29.0 Å². The number of carbonyl (C=O) groups is 1. The van der Waals surface area contributed by atoms with Crippen LogP contribution in [0.5, 0.6) is 0 Å². The van der Waals surface area contributed by atoms with E-state index in [1.807, 2.05) is 0 Å². The van der Waals surface area contributed by atoms with Crippen LogP contribution in [0.4, 0.5) is 18.9 Å². The fraction of sp³-hybridized carbons (Fsp3) is 0.450. The average molecular weight is 403 g/mol. The topological polar surface area (TPSA) is 81.0 Å². The fourth-order valence-electron chi connectivity index (χ4n) is 4.16. The van der Waals surface area contributed by atoms with E-state index in [-0.39, 0.29) is 26.2 Å². The molecule has 2 fully saturated rings. The number of benzene rings is 1. The molecule has 4 rings (SSSR count). The molecule has 3 heterocycles. The van der Waals surface area contributed by atoms with E-state index in [9.17, 15) is 23.2 Å². The summed E-state index contributed by atoms with van der Waals surface area (Å²) in [7, 11) is 0. The Kier molecular flexibility index (Phi) is 5.28. The van der Waals surface area contributed by atoms with Crippen molar-refractivity contribution in [2.24, 2.45) is 11.8 Å². The van der Waals surface area contributed by atoms with Crippen molar-refractivity contribution in [3.63, 3.8) is 0 Å². The molecule has 2 aliphatic heterocycles. The van der Waals surface area contributed by atoms with E-state index >= 15 is 0 Å². The van der Waals surface area contributed by atoms with Gasteiger partial charge in [0.1, 0.15) is 12.2 Å². The van der Waals surface area contributed by atoms with Crippen LogP contribution < -0.4 is 15.5 Å². The second-order valence-electron chi connectivity index (χ2n) is 7.44. The summed E-state index contributed by atoms with van der Waals surface area (Å²) in [4.78, 5) is 18.7. The Balaban J connectivity index is 1.61. The molecule has 9 heteroatoms. The number of hydrogen-bond acceptors (Lipinski definition) is 5. The number of amides is 1. The van der Waals surface area contributed by atoms with Crippen molar-refractivity contribution in [3.8, 4) is 6.07 Å². The number of alkyl halides is 3. The molecular weight excluding hydrogens is 383 g/mol. The van der Waals surface area contributed by atoms with E-state index in [0.717, 1.165) is 0 Å². The Hall–Kier alpha value is -2.86. The summed E-state index contributed by atoms with van der Waals surface area (Å²) in [5, 5.41) is 15.4. The van der Waals surface area contributed by atoms with Crippen molar-refractivity contribution in [1.82, 2.24) is 15.6 Å². The maximum absolute atomic E-state index is 13.8. The molecule has 0 unspecified atom stereocenters. The zero-order valence-electron chi connectivity index (χ0n) is 15.5. The van der Waals surface area contributed by atoms with Crippen LogP contribution in [-0.2, 0) is 4.79 Å². The molecule has 1 amide bonds. The Labute approximate surface area is 165 Å². The molecule has 29 heavy (non-hydrogen) atoms. The van der Waals surface area contributed by atoms with Crippen LogP contribution in [-0.4, -0.2) is 55.7 Å². The quantitative estimate of drug-likeness (QED) is 0.815. The summed E-state index contributed by atoms with van der Waals surface area (Å²) in [6.45, 7) is 0.514. The molecule has 0 bridgehead atoms. The number of nitriles is 1. The first-order chi connectivity index (χ1) is 14.0. The molecule has 2 N–H and O–H groups in total. The Morgan fingerprint density at radius 1 is 1.31 bits per heavy atom. The lowest BCUT2D eigenvalue weighted by Gasteiger charge is -2.21. The molecule has 2 aliphatic rings. The van der Waals surface area contributed by atoms with Gasteiger partial charge in [-0.25, -0.2) is 13.2 Å². The second-order valence-corrected chi connectivity index (χ2v) is 7.44. The molecule has 6 nitrogen and oxygen atoms in total. The molecule has 4 atom stereocenters. The molecule has 1 aromatic carbocycles. The van der Waals surface area contributed by atoms with Gasteiger partial charge in [0, 0.05) is 43.4 Å². The SMILES string of the molecule is N#Cc1ccc(N2C[C@@H](C(=O)N[C@H]3CNC[C@@H]3F)[C@H](C(F)F)C2)c2cccnc12. The lowest BCUT2D eigenvalue weighted by atomic mass is 9.95. The lowest BCUT2D eigenvalue weighted by molar-refractivity contribution is -0.128. The number of nitrogens with zero attached hydrogens (tertiary/aromatic N) is 3. The number of anilines is 1. The predicted molar refractivity (Wildman–Crippen MR) is 101 cm³/mol. The molecule has 0 aliphatic carbocycles. The standard InChI is InChI=1S/C20H20F3N5O/c21-15-7-25-8-16(15)27-20(29)14-10-28(9-13(14)19(22)23)17-4-3-11(6-24)18-12(17)2-1-5-26-18/h1-5,13-16,19,25H,7-10H2,(H,27,29)/t13-,14-,15+,16+/m1/s1. The summed E-state index contributed by atoms with van der Waals surface area (Å²) in [6.07, 6.45) is -2.34. The van der Waals surface area contributed by atoms with Crippen molar-refractivity contribution in [2.75, 3.05) is 31.1 Å². The molecule has 0 radical (unpaired) electrons. The first-order valence-electron chi connectivity index (χ1n) is 9.45. The monoisotopic (exact) mass is 403 g/mol.